The van der Waals surface area contributed by atoms with Crippen LogP contribution in [0.2, 0.25) is 0 Å². The summed E-state index contributed by atoms with van der Waals surface area (Å²) in [6.07, 6.45) is 3.36. The van der Waals surface area contributed by atoms with Gasteiger partial charge in [-0.05, 0) is 41.5 Å². The lowest BCUT2D eigenvalue weighted by atomic mass is 10.2. The van der Waals surface area contributed by atoms with Crippen molar-refractivity contribution in [3.63, 3.8) is 0 Å². The molecule has 1 heterocycles. The molecule has 170 valence electrons. The zero-order chi connectivity index (χ0) is 22.6. The largest absolute Gasteiger partial charge is 0.487 e. The van der Waals surface area contributed by atoms with Crippen molar-refractivity contribution in [2.75, 3.05) is 45.9 Å². The van der Waals surface area contributed by atoms with Gasteiger partial charge in [-0.25, -0.2) is 0 Å². The molecule has 7 nitrogen and oxygen atoms in total. The minimum atomic E-state index is -0.241. The Morgan fingerprint density at radius 3 is 1.72 bits per heavy atom. The van der Waals surface area contributed by atoms with Crippen LogP contribution in [-0.4, -0.2) is 57.5 Å². The molecule has 0 fully saturated rings. The molecule has 0 saturated heterocycles. The van der Waals surface area contributed by atoms with E-state index in [1.54, 1.807) is 30.3 Å². The number of hydrogen-bond donors (Lipinski definition) is 0. The number of carbonyl (C=O) groups excluding carboxylic acids is 2. The van der Waals surface area contributed by atoms with E-state index in [0.717, 1.165) is 0 Å². The lowest BCUT2D eigenvalue weighted by molar-refractivity contribution is -0.120. The third-order valence-corrected chi connectivity index (χ3v) is 5.17. The van der Waals surface area contributed by atoms with Crippen molar-refractivity contribution in [2.24, 2.45) is 0 Å². The van der Waals surface area contributed by atoms with Crippen LogP contribution in [-0.2, 0) is 14.3 Å². The van der Waals surface area contributed by atoms with Crippen LogP contribution in [0.3, 0.4) is 0 Å². The van der Waals surface area contributed by atoms with Crippen molar-refractivity contribution in [1.29, 1.82) is 0 Å². The molecule has 3 rings (SSSR count). The summed E-state index contributed by atoms with van der Waals surface area (Å²) < 4.78 is 28.3. The molecule has 0 aliphatic carbocycles. The lowest BCUT2D eigenvalue weighted by Crippen LogP contribution is -2.15. The molecule has 0 saturated carbocycles. The number of hydrogen-bond acceptors (Lipinski definition) is 8. The zero-order valence-electron chi connectivity index (χ0n) is 17.9. The highest BCUT2D eigenvalue weighted by Gasteiger charge is 2.13. The molecule has 2 aromatic carbocycles. The minimum absolute atomic E-state index is 0.101. The van der Waals surface area contributed by atoms with E-state index in [0.29, 0.717) is 54.3 Å². The van der Waals surface area contributed by atoms with Crippen LogP contribution >= 0.6 is 11.8 Å². The zero-order valence-corrected chi connectivity index (χ0v) is 18.7. The third-order valence-electron chi connectivity index (χ3n) is 4.38. The molecule has 0 spiro atoms. The maximum atomic E-state index is 12.4. The van der Waals surface area contributed by atoms with Crippen LogP contribution in [0.5, 0.6) is 23.0 Å². The molecule has 0 amide bonds. The summed E-state index contributed by atoms with van der Waals surface area (Å²) in [7, 11) is 0. The van der Waals surface area contributed by atoms with Gasteiger partial charge in [0.25, 0.3) is 0 Å². The Morgan fingerprint density at radius 1 is 0.688 bits per heavy atom. The molecule has 8 heteroatoms. The number of allylic oxidation sites excluding steroid dienone is 1. The fraction of sp³-hybridized carbons (Fsp3) is 0.333. The number of ether oxygens (including phenoxy) is 5. The second-order valence-electron chi connectivity index (χ2n) is 6.78. The van der Waals surface area contributed by atoms with E-state index < -0.39 is 0 Å². The maximum absolute atomic E-state index is 12.4. The summed E-state index contributed by atoms with van der Waals surface area (Å²) in [5, 5.41) is 0. The molecule has 32 heavy (non-hydrogen) atoms. The van der Waals surface area contributed by atoms with Crippen molar-refractivity contribution in [1.82, 2.24) is 0 Å². The van der Waals surface area contributed by atoms with Crippen molar-refractivity contribution < 1.29 is 33.3 Å². The van der Waals surface area contributed by atoms with Crippen LogP contribution < -0.4 is 18.9 Å². The van der Waals surface area contributed by atoms with E-state index in [9.17, 15) is 9.59 Å². The Labute approximate surface area is 191 Å². The Morgan fingerprint density at radius 2 is 1.19 bits per heavy atom. The van der Waals surface area contributed by atoms with Crippen LogP contribution in [0.1, 0.15) is 6.42 Å². The summed E-state index contributed by atoms with van der Waals surface area (Å²) in [5.74, 6) is 1.63. The van der Waals surface area contributed by atoms with Gasteiger partial charge in [-0.15, -0.1) is 11.8 Å². The number of ketones is 2. The standard InChI is InChI=1S/C24H26O7S/c1-32-20-14-18(25)16-30-23-8-4-2-6-21(23)28-12-10-27-11-13-29-22-7-3-5-9-24(22)31-17-19(26)15-20/h2-9,14H,10-13,15-17H2,1H3/b20-14-. The summed E-state index contributed by atoms with van der Waals surface area (Å²) in [6, 6.07) is 14.3. The second kappa shape index (κ2) is 12.8. The van der Waals surface area contributed by atoms with Gasteiger partial charge in [0, 0.05) is 6.42 Å². The van der Waals surface area contributed by atoms with Gasteiger partial charge in [-0.1, -0.05) is 24.3 Å². The molecule has 1 aliphatic heterocycles. The lowest BCUT2D eigenvalue weighted by Gasteiger charge is -2.14. The smallest absolute Gasteiger partial charge is 0.193 e. The van der Waals surface area contributed by atoms with Gasteiger partial charge in [0.2, 0.25) is 0 Å². The van der Waals surface area contributed by atoms with E-state index in [1.807, 2.05) is 24.5 Å². The van der Waals surface area contributed by atoms with E-state index in [1.165, 1.54) is 17.8 Å². The van der Waals surface area contributed by atoms with Crippen molar-refractivity contribution in [3.8, 4) is 23.0 Å². The van der Waals surface area contributed by atoms with Gasteiger partial charge >= 0.3 is 0 Å². The number of carbonyl (C=O) groups is 2. The molecular formula is C24H26O7S. The molecule has 0 N–H and O–H groups in total. The average Bonchev–Trinajstić information content (AvgIpc) is 2.81. The van der Waals surface area contributed by atoms with Gasteiger partial charge < -0.3 is 23.7 Å². The molecule has 0 radical (unpaired) electrons. The first-order chi connectivity index (χ1) is 15.7. The fourth-order valence-electron chi connectivity index (χ4n) is 2.86. The van der Waals surface area contributed by atoms with Crippen LogP contribution in [0.4, 0.5) is 0 Å². The number of para-hydroxylation sites is 4. The Hall–Kier alpha value is -2.97. The van der Waals surface area contributed by atoms with Gasteiger partial charge in [0.1, 0.15) is 19.8 Å². The highest BCUT2D eigenvalue weighted by molar-refractivity contribution is 8.02. The molecule has 0 aromatic heterocycles. The van der Waals surface area contributed by atoms with Crippen LogP contribution in [0.15, 0.2) is 59.5 Å². The van der Waals surface area contributed by atoms with Crippen LogP contribution in [0, 0.1) is 0 Å². The summed E-state index contributed by atoms with van der Waals surface area (Å²) >= 11 is 1.35. The van der Waals surface area contributed by atoms with E-state index >= 15 is 0 Å². The van der Waals surface area contributed by atoms with Gasteiger partial charge in [-0.3, -0.25) is 9.59 Å². The fourth-order valence-corrected chi connectivity index (χ4v) is 3.41. The number of benzene rings is 2. The highest BCUT2D eigenvalue weighted by atomic mass is 32.2. The molecular weight excluding hydrogens is 432 g/mol. The van der Waals surface area contributed by atoms with E-state index in [2.05, 4.69) is 0 Å². The number of rotatable bonds is 1. The second-order valence-corrected chi connectivity index (χ2v) is 7.71. The Balaban J connectivity index is 1.72. The van der Waals surface area contributed by atoms with Gasteiger partial charge in [0.15, 0.2) is 41.2 Å². The van der Waals surface area contributed by atoms with E-state index in [-0.39, 0.29) is 31.2 Å². The SMILES string of the molecule is CS/C1=C\C(=O)COc2ccccc2OCCOCCOc2ccccc2OCC(=O)C1. The highest BCUT2D eigenvalue weighted by Crippen LogP contribution is 2.28. The maximum Gasteiger partial charge on any atom is 0.193 e. The van der Waals surface area contributed by atoms with E-state index in [4.69, 9.17) is 23.7 Å². The first kappa shape index (κ1) is 23.7. The predicted octanol–water partition coefficient (Wildman–Crippen LogP) is 3.71. The Kier molecular flexibility index (Phi) is 9.46. The summed E-state index contributed by atoms with van der Waals surface area (Å²) in [4.78, 5) is 25.4. The predicted molar refractivity (Wildman–Crippen MR) is 122 cm³/mol. The van der Waals surface area contributed by atoms with Crippen LogP contribution in [0.25, 0.3) is 0 Å². The van der Waals surface area contributed by atoms with Gasteiger partial charge in [-0.2, -0.15) is 0 Å². The molecule has 2 aromatic rings. The summed E-state index contributed by atoms with van der Waals surface area (Å²) in [6.45, 7) is 1.11. The molecule has 0 bridgehead atoms. The number of Topliss-reactive ketones (excluding diaryl/α,β-unsaturated/α-hetero) is 1. The van der Waals surface area contributed by atoms with Crippen molar-refractivity contribution >= 4 is 23.3 Å². The molecule has 1 aliphatic rings. The first-order valence-corrected chi connectivity index (χ1v) is 11.4. The monoisotopic (exact) mass is 458 g/mol. The number of thioether (sulfide) groups is 1. The quantitative estimate of drug-likeness (QED) is 0.640. The van der Waals surface area contributed by atoms with Gasteiger partial charge in [0.05, 0.1) is 13.2 Å². The molecule has 0 atom stereocenters. The number of fused-ring (bicyclic) bond motifs is 2. The van der Waals surface area contributed by atoms with Crippen molar-refractivity contribution in [2.45, 2.75) is 6.42 Å². The molecule has 0 unspecified atom stereocenters. The topological polar surface area (TPSA) is 80.3 Å². The first-order valence-electron chi connectivity index (χ1n) is 10.2. The Bertz CT molecular complexity index is 941. The third kappa shape index (κ3) is 7.62. The minimum Gasteiger partial charge on any atom is -0.487 e. The average molecular weight is 459 g/mol. The van der Waals surface area contributed by atoms with Crippen molar-refractivity contribution in [3.05, 3.63) is 59.5 Å². The summed E-state index contributed by atoms with van der Waals surface area (Å²) in [5.41, 5.74) is 0. The normalized spacial score (nSPS) is 18.3.